The van der Waals surface area contributed by atoms with Crippen LogP contribution in [0, 0.1) is 6.92 Å². The van der Waals surface area contributed by atoms with E-state index in [2.05, 4.69) is 26.0 Å². The van der Waals surface area contributed by atoms with Crippen LogP contribution < -0.4 is 5.32 Å². The molecular formula is C14H12BrNO3S. The number of rotatable bonds is 3. The van der Waals surface area contributed by atoms with E-state index in [1.807, 2.05) is 6.07 Å². The van der Waals surface area contributed by atoms with E-state index in [0.717, 1.165) is 10.0 Å². The monoisotopic (exact) mass is 353 g/mol. The average molecular weight is 354 g/mol. The summed E-state index contributed by atoms with van der Waals surface area (Å²) in [5.41, 5.74) is 1.33. The first-order valence-corrected chi connectivity index (χ1v) is 7.38. The van der Waals surface area contributed by atoms with Gasteiger partial charge in [0.1, 0.15) is 4.88 Å². The first-order chi connectivity index (χ1) is 9.51. The van der Waals surface area contributed by atoms with Crippen LogP contribution in [-0.2, 0) is 4.74 Å². The van der Waals surface area contributed by atoms with Crippen molar-refractivity contribution in [3.63, 3.8) is 0 Å². The van der Waals surface area contributed by atoms with Crippen LogP contribution in [0.5, 0.6) is 0 Å². The van der Waals surface area contributed by atoms with Crippen LogP contribution in [0.4, 0.5) is 5.00 Å². The van der Waals surface area contributed by atoms with Gasteiger partial charge in [-0.1, -0.05) is 22.0 Å². The molecule has 0 spiro atoms. The Balaban J connectivity index is 2.18. The van der Waals surface area contributed by atoms with Crippen molar-refractivity contribution >= 4 is 44.1 Å². The zero-order valence-corrected chi connectivity index (χ0v) is 13.3. The normalized spacial score (nSPS) is 10.2. The summed E-state index contributed by atoms with van der Waals surface area (Å²) in [4.78, 5) is 24.1. The number of halogens is 1. The fourth-order valence-corrected chi connectivity index (χ4v) is 3.04. The molecule has 1 aromatic carbocycles. The van der Waals surface area contributed by atoms with Crippen molar-refractivity contribution in [2.75, 3.05) is 12.4 Å². The van der Waals surface area contributed by atoms with E-state index in [0.29, 0.717) is 15.4 Å². The van der Waals surface area contributed by atoms with Crippen molar-refractivity contribution in [2.24, 2.45) is 0 Å². The van der Waals surface area contributed by atoms with E-state index in [1.165, 1.54) is 18.4 Å². The summed E-state index contributed by atoms with van der Waals surface area (Å²) in [5, 5.41) is 3.39. The first kappa shape index (κ1) is 14.7. The zero-order valence-electron chi connectivity index (χ0n) is 10.9. The lowest BCUT2D eigenvalue weighted by molar-refractivity contribution is 0.0605. The van der Waals surface area contributed by atoms with Crippen LogP contribution in [-0.4, -0.2) is 19.0 Å². The zero-order chi connectivity index (χ0) is 14.7. The van der Waals surface area contributed by atoms with Crippen LogP contribution in [0.15, 0.2) is 34.8 Å². The second-order valence-electron chi connectivity index (χ2n) is 4.08. The van der Waals surface area contributed by atoms with Gasteiger partial charge in [0.05, 0.1) is 12.1 Å². The minimum atomic E-state index is -0.393. The van der Waals surface area contributed by atoms with Crippen LogP contribution >= 0.6 is 27.3 Å². The van der Waals surface area contributed by atoms with Crippen molar-refractivity contribution in [2.45, 2.75) is 6.92 Å². The van der Waals surface area contributed by atoms with Gasteiger partial charge in [-0.25, -0.2) is 4.79 Å². The third kappa shape index (κ3) is 3.26. The van der Waals surface area contributed by atoms with Gasteiger partial charge in [-0.15, -0.1) is 11.3 Å². The standard InChI is InChI=1S/C14H12BrNO3S/c1-8-6-11(20-12(8)14(18)19-2)16-13(17)9-4-3-5-10(15)7-9/h3-7H,1-2H3,(H,16,17). The number of nitrogens with one attached hydrogen (secondary N) is 1. The van der Waals surface area contributed by atoms with E-state index in [-0.39, 0.29) is 5.91 Å². The number of hydrogen-bond acceptors (Lipinski definition) is 4. The van der Waals surface area contributed by atoms with Gasteiger partial charge in [0.25, 0.3) is 5.91 Å². The molecule has 0 unspecified atom stereocenters. The van der Waals surface area contributed by atoms with Gasteiger partial charge >= 0.3 is 5.97 Å². The number of methoxy groups -OCH3 is 1. The van der Waals surface area contributed by atoms with Gasteiger partial charge < -0.3 is 10.1 Å². The van der Waals surface area contributed by atoms with Gasteiger partial charge in [0.2, 0.25) is 0 Å². The summed E-state index contributed by atoms with van der Waals surface area (Å²) in [7, 11) is 1.33. The number of hydrogen-bond donors (Lipinski definition) is 1. The molecule has 0 saturated heterocycles. The van der Waals surface area contributed by atoms with Crippen molar-refractivity contribution in [3.8, 4) is 0 Å². The Morgan fingerprint density at radius 2 is 2.05 bits per heavy atom. The number of thiophene rings is 1. The maximum Gasteiger partial charge on any atom is 0.348 e. The van der Waals surface area contributed by atoms with E-state index in [1.54, 1.807) is 31.2 Å². The molecule has 0 fully saturated rings. The summed E-state index contributed by atoms with van der Waals surface area (Å²) in [6.45, 7) is 1.80. The Morgan fingerprint density at radius 3 is 2.70 bits per heavy atom. The number of benzene rings is 1. The third-order valence-electron chi connectivity index (χ3n) is 2.61. The van der Waals surface area contributed by atoms with Crippen LogP contribution in [0.25, 0.3) is 0 Å². The molecule has 0 aliphatic heterocycles. The van der Waals surface area contributed by atoms with E-state index >= 15 is 0 Å². The smallest absolute Gasteiger partial charge is 0.348 e. The van der Waals surface area contributed by atoms with Gasteiger partial charge in [-0.05, 0) is 36.8 Å². The van der Waals surface area contributed by atoms with Crippen molar-refractivity contribution in [1.82, 2.24) is 0 Å². The Bertz CT molecular complexity index is 666. The lowest BCUT2D eigenvalue weighted by Gasteiger charge is -2.02. The SMILES string of the molecule is COC(=O)c1sc(NC(=O)c2cccc(Br)c2)cc1C. The van der Waals surface area contributed by atoms with Gasteiger partial charge in [0, 0.05) is 10.0 Å². The summed E-state index contributed by atoms with van der Waals surface area (Å²) < 4.78 is 5.52. The highest BCUT2D eigenvalue weighted by Gasteiger charge is 2.15. The van der Waals surface area contributed by atoms with Gasteiger partial charge in [-0.2, -0.15) is 0 Å². The fourth-order valence-electron chi connectivity index (χ4n) is 1.65. The molecule has 0 atom stereocenters. The lowest BCUT2D eigenvalue weighted by atomic mass is 10.2. The maximum absolute atomic E-state index is 12.1. The van der Waals surface area contributed by atoms with Crippen molar-refractivity contribution in [3.05, 3.63) is 50.8 Å². The number of carbonyl (C=O) groups is 2. The van der Waals surface area contributed by atoms with Crippen molar-refractivity contribution in [1.29, 1.82) is 0 Å². The molecule has 1 heterocycles. The molecule has 104 valence electrons. The molecule has 6 heteroatoms. The Morgan fingerprint density at radius 1 is 1.30 bits per heavy atom. The number of carbonyl (C=O) groups excluding carboxylic acids is 2. The number of ether oxygens (including phenoxy) is 1. The summed E-state index contributed by atoms with van der Waals surface area (Å²) >= 11 is 4.52. The second kappa shape index (κ2) is 6.19. The molecular weight excluding hydrogens is 342 g/mol. The van der Waals surface area contributed by atoms with Crippen LogP contribution in [0.3, 0.4) is 0 Å². The molecule has 0 aliphatic carbocycles. The predicted molar refractivity (Wildman–Crippen MR) is 82.5 cm³/mol. The Labute approximate surface area is 128 Å². The third-order valence-corrected chi connectivity index (χ3v) is 4.24. The van der Waals surface area contributed by atoms with E-state index < -0.39 is 5.97 Å². The Hall–Kier alpha value is -1.66. The minimum absolute atomic E-state index is 0.219. The molecule has 1 N–H and O–H groups in total. The lowest BCUT2D eigenvalue weighted by Crippen LogP contribution is -2.10. The van der Waals surface area contributed by atoms with Crippen LogP contribution in [0.2, 0.25) is 0 Å². The fraction of sp³-hybridized carbons (Fsp3) is 0.143. The first-order valence-electron chi connectivity index (χ1n) is 5.77. The highest BCUT2D eigenvalue weighted by molar-refractivity contribution is 9.10. The largest absolute Gasteiger partial charge is 0.465 e. The van der Waals surface area contributed by atoms with Gasteiger partial charge in [-0.3, -0.25) is 4.79 Å². The topological polar surface area (TPSA) is 55.4 Å². The number of aryl methyl sites for hydroxylation is 1. The molecule has 20 heavy (non-hydrogen) atoms. The van der Waals surface area contributed by atoms with Gasteiger partial charge in [0.15, 0.2) is 0 Å². The number of anilines is 1. The average Bonchev–Trinajstić information content (AvgIpc) is 2.78. The summed E-state index contributed by atoms with van der Waals surface area (Å²) in [6, 6.07) is 8.85. The predicted octanol–water partition coefficient (Wildman–Crippen LogP) is 3.86. The Kier molecular flexibility index (Phi) is 4.57. The molecule has 0 radical (unpaired) electrons. The molecule has 0 saturated carbocycles. The number of amides is 1. The summed E-state index contributed by atoms with van der Waals surface area (Å²) in [6.07, 6.45) is 0. The highest BCUT2D eigenvalue weighted by atomic mass is 79.9. The second-order valence-corrected chi connectivity index (χ2v) is 6.05. The molecule has 0 aliphatic rings. The maximum atomic E-state index is 12.1. The molecule has 4 nitrogen and oxygen atoms in total. The van der Waals surface area contributed by atoms with E-state index in [4.69, 9.17) is 0 Å². The summed E-state index contributed by atoms with van der Waals surface area (Å²) in [5.74, 6) is -0.612. The molecule has 2 rings (SSSR count). The molecule has 2 aromatic rings. The van der Waals surface area contributed by atoms with E-state index in [9.17, 15) is 9.59 Å². The van der Waals surface area contributed by atoms with Crippen LogP contribution in [0.1, 0.15) is 25.6 Å². The number of esters is 1. The molecule has 0 bridgehead atoms. The minimum Gasteiger partial charge on any atom is -0.465 e. The molecule has 1 aromatic heterocycles. The molecule has 1 amide bonds. The highest BCUT2D eigenvalue weighted by Crippen LogP contribution is 2.27. The van der Waals surface area contributed by atoms with Crippen molar-refractivity contribution < 1.29 is 14.3 Å². The quantitative estimate of drug-likeness (QED) is 0.852.